The van der Waals surface area contributed by atoms with E-state index in [1.54, 1.807) is 6.07 Å². The number of carbonyl (C=O) groups is 1. The molecule has 1 heterocycles. The molecule has 5 heteroatoms. The maximum atomic E-state index is 11.4. The standard InChI is InChI=1S/C11H8BrClO3/c1-15-11-8(9(12)10(14)16-11)6-4-2-3-5-7(6)13/h2-5,11H,1H3. The molecule has 0 amide bonds. The second kappa shape index (κ2) is 4.57. The van der Waals surface area contributed by atoms with Crippen molar-refractivity contribution in [3.8, 4) is 0 Å². The number of carbonyl (C=O) groups excluding carboxylic acids is 1. The van der Waals surface area contributed by atoms with Gasteiger partial charge in [-0.2, -0.15) is 0 Å². The molecule has 84 valence electrons. The fourth-order valence-corrected chi connectivity index (χ4v) is 2.24. The van der Waals surface area contributed by atoms with Crippen LogP contribution in [0.2, 0.25) is 5.02 Å². The van der Waals surface area contributed by atoms with Gasteiger partial charge in [-0.25, -0.2) is 4.79 Å². The summed E-state index contributed by atoms with van der Waals surface area (Å²) in [5.74, 6) is -0.443. The van der Waals surface area contributed by atoms with E-state index < -0.39 is 12.3 Å². The normalized spacial score (nSPS) is 20.2. The van der Waals surface area contributed by atoms with Gasteiger partial charge in [0, 0.05) is 17.7 Å². The third-order valence-corrected chi connectivity index (χ3v) is 3.32. The van der Waals surface area contributed by atoms with Gasteiger partial charge in [-0.1, -0.05) is 29.8 Å². The second-order valence-corrected chi connectivity index (χ2v) is 4.38. The van der Waals surface area contributed by atoms with Gasteiger partial charge in [0.2, 0.25) is 6.29 Å². The Labute approximate surface area is 106 Å². The second-order valence-electron chi connectivity index (χ2n) is 3.18. The minimum atomic E-state index is -0.707. The Morgan fingerprint density at radius 1 is 1.44 bits per heavy atom. The van der Waals surface area contributed by atoms with Crippen LogP contribution in [0, 0.1) is 0 Å². The highest BCUT2D eigenvalue weighted by Gasteiger charge is 2.34. The summed E-state index contributed by atoms with van der Waals surface area (Å²) in [5, 5.41) is 0.551. The summed E-state index contributed by atoms with van der Waals surface area (Å²) in [7, 11) is 1.47. The van der Waals surface area contributed by atoms with E-state index in [-0.39, 0.29) is 0 Å². The Hall–Kier alpha value is -0.840. The van der Waals surface area contributed by atoms with Gasteiger partial charge < -0.3 is 9.47 Å². The molecule has 1 atom stereocenters. The quantitative estimate of drug-likeness (QED) is 0.788. The molecule has 3 nitrogen and oxygen atoms in total. The zero-order chi connectivity index (χ0) is 11.7. The topological polar surface area (TPSA) is 35.5 Å². The molecule has 0 spiro atoms. The van der Waals surface area contributed by atoms with Crippen LogP contribution in [0.15, 0.2) is 28.7 Å². The first-order chi connectivity index (χ1) is 7.65. The van der Waals surface area contributed by atoms with Gasteiger partial charge in [0.25, 0.3) is 0 Å². The third-order valence-electron chi connectivity index (χ3n) is 2.24. The van der Waals surface area contributed by atoms with Crippen molar-refractivity contribution in [2.75, 3.05) is 7.11 Å². The molecule has 1 aliphatic heterocycles. The number of halogens is 2. The molecule has 1 unspecified atom stereocenters. The smallest absolute Gasteiger partial charge is 0.348 e. The maximum Gasteiger partial charge on any atom is 0.348 e. The number of methoxy groups -OCH3 is 1. The van der Waals surface area contributed by atoms with E-state index in [2.05, 4.69) is 15.9 Å². The summed E-state index contributed by atoms with van der Waals surface area (Å²) in [6.07, 6.45) is -0.707. The molecule has 0 saturated carbocycles. The molecule has 1 aromatic carbocycles. The SMILES string of the molecule is COC1OC(=O)C(Br)=C1c1ccccc1Cl. The number of benzene rings is 1. The number of hydrogen-bond donors (Lipinski definition) is 0. The van der Waals surface area contributed by atoms with E-state index in [4.69, 9.17) is 21.1 Å². The lowest BCUT2D eigenvalue weighted by molar-refractivity contribution is -0.153. The molecular formula is C11H8BrClO3. The van der Waals surface area contributed by atoms with Gasteiger partial charge in [0.15, 0.2) is 0 Å². The monoisotopic (exact) mass is 302 g/mol. The fraction of sp³-hybridized carbons (Fsp3) is 0.182. The van der Waals surface area contributed by atoms with E-state index in [1.807, 2.05) is 18.2 Å². The molecule has 16 heavy (non-hydrogen) atoms. The van der Waals surface area contributed by atoms with E-state index in [0.717, 1.165) is 5.56 Å². The zero-order valence-electron chi connectivity index (χ0n) is 8.37. The number of ether oxygens (including phenoxy) is 2. The first-order valence-electron chi connectivity index (χ1n) is 4.53. The lowest BCUT2D eigenvalue weighted by atomic mass is 10.1. The molecule has 0 radical (unpaired) electrons. The minimum absolute atomic E-state index is 0.354. The molecule has 0 N–H and O–H groups in total. The first kappa shape index (κ1) is 11.6. The average molecular weight is 304 g/mol. The lowest BCUT2D eigenvalue weighted by Gasteiger charge is -2.12. The van der Waals surface area contributed by atoms with Gasteiger partial charge in [-0.05, 0) is 22.0 Å². The predicted molar refractivity (Wildman–Crippen MR) is 64.2 cm³/mol. The summed E-state index contributed by atoms with van der Waals surface area (Å²) in [6, 6.07) is 7.22. The van der Waals surface area contributed by atoms with Crippen molar-refractivity contribution < 1.29 is 14.3 Å². The highest BCUT2D eigenvalue weighted by Crippen LogP contribution is 2.37. The van der Waals surface area contributed by atoms with Gasteiger partial charge in [-0.3, -0.25) is 0 Å². The fourth-order valence-electron chi connectivity index (χ4n) is 1.51. The van der Waals surface area contributed by atoms with Crippen LogP contribution in [0.25, 0.3) is 5.57 Å². The Morgan fingerprint density at radius 3 is 2.75 bits per heavy atom. The number of hydrogen-bond acceptors (Lipinski definition) is 3. The van der Waals surface area contributed by atoms with Crippen molar-refractivity contribution in [2.24, 2.45) is 0 Å². The van der Waals surface area contributed by atoms with E-state index in [0.29, 0.717) is 15.1 Å². The van der Waals surface area contributed by atoms with Gasteiger partial charge >= 0.3 is 5.97 Å². The highest BCUT2D eigenvalue weighted by atomic mass is 79.9. The zero-order valence-corrected chi connectivity index (χ0v) is 10.7. The van der Waals surface area contributed by atoms with Crippen LogP contribution >= 0.6 is 27.5 Å². The summed E-state index contributed by atoms with van der Waals surface area (Å²) >= 11 is 9.25. The Bertz CT molecular complexity index is 470. The van der Waals surface area contributed by atoms with Crippen molar-refractivity contribution in [3.05, 3.63) is 39.3 Å². The molecule has 0 fully saturated rings. The van der Waals surface area contributed by atoms with E-state index in [9.17, 15) is 4.79 Å². The number of cyclic esters (lactones) is 1. The highest BCUT2D eigenvalue weighted by molar-refractivity contribution is 9.12. The van der Waals surface area contributed by atoms with Crippen LogP contribution in [-0.4, -0.2) is 19.4 Å². The van der Waals surface area contributed by atoms with Crippen LogP contribution in [0.5, 0.6) is 0 Å². The molecule has 0 aliphatic carbocycles. The molecule has 0 aromatic heterocycles. The molecule has 0 saturated heterocycles. The lowest BCUT2D eigenvalue weighted by Crippen LogP contribution is -2.13. The van der Waals surface area contributed by atoms with Crippen molar-refractivity contribution in [2.45, 2.75) is 6.29 Å². The first-order valence-corrected chi connectivity index (χ1v) is 5.70. The van der Waals surface area contributed by atoms with Gasteiger partial charge in [0.05, 0.1) is 5.57 Å². The molecule has 2 rings (SSSR count). The van der Waals surface area contributed by atoms with Crippen LogP contribution < -0.4 is 0 Å². The number of esters is 1. The largest absolute Gasteiger partial charge is 0.427 e. The van der Waals surface area contributed by atoms with Gasteiger partial charge in [-0.15, -0.1) is 0 Å². The van der Waals surface area contributed by atoms with E-state index >= 15 is 0 Å². The number of rotatable bonds is 2. The molecular weight excluding hydrogens is 295 g/mol. The molecule has 1 aliphatic rings. The van der Waals surface area contributed by atoms with Crippen LogP contribution in [-0.2, 0) is 14.3 Å². The maximum absolute atomic E-state index is 11.4. The predicted octanol–water partition coefficient (Wildman–Crippen LogP) is 2.98. The summed E-state index contributed by atoms with van der Waals surface area (Å²) in [5.41, 5.74) is 1.35. The van der Waals surface area contributed by atoms with Crippen molar-refractivity contribution in [1.29, 1.82) is 0 Å². The Morgan fingerprint density at radius 2 is 2.12 bits per heavy atom. The Kier molecular flexibility index (Phi) is 3.33. The van der Waals surface area contributed by atoms with Crippen LogP contribution in [0.3, 0.4) is 0 Å². The van der Waals surface area contributed by atoms with Crippen LogP contribution in [0.1, 0.15) is 5.56 Å². The third kappa shape index (κ3) is 1.88. The van der Waals surface area contributed by atoms with E-state index in [1.165, 1.54) is 7.11 Å². The molecule has 1 aromatic rings. The summed E-state index contributed by atoms with van der Waals surface area (Å²) in [6.45, 7) is 0. The van der Waals surface area contributed by atoms with Gasteiger partial charge in [0.1, 0.15) is 4.48 Å². The minimum Gasteiger partial charge on any atom is -0.427 e. The summed E-state index contributed by atoms with van der Waals surface area (Å²) in [4.78, 5) is 11.4. The molecule has 0 bridgehead atoms. The van der Waals surface area contributed by atoms with Crippen molar-refractivity contribution in [3.63, 3.8) is 0 Å². The summed E-state index contributed by atoms with van der Waals surface area (Å²) < 4.78 is 10.4. The average Bonchev–Trinajstić information content (AvgIpc) is 2.56. The Balaban J connectivity index is 2.54. The van der Waals surface area contributed by atoms with Crippen molar-refractivity contribution in [1.82, 2.24) is 0 Å². The van der Waals surface area contributed by atoms with Crippen LogP contribution in [0.4, 0.5) is 0 Å². The van der Waals surface area contributed by atoms with Crippen molar-refractivity contribution >= 4 is 39.1 Å².